The summed E-state index contributed by atoms with van der Waals surface area (Å²) in [6, 6.07) is 15.2. The minimum Gasteiger partial charge on any atom is -0.479 e. The first kappa shape index (κ1) is 14.8. The van der Waals surface area contributed by atoms with Crippen LogP contribution in [0.3, 0.4) is 0 Å². The number of amides is 1. The number of carbonyl (C=O) groups is 2. The molecule has 108 valence electrons. The van der Waals surface area contributed by atoms with Crippen molar-refractivity contribution >= 4 is 11.9 Å². The van der Waals surface area contributed by atoms with Gasteiger partial charge in [-0.05, 0) is 18.1 Å². The van der Waals surface area contributed by atoms with Crippen molar-refractivity contribution in [1.82, 2.24) is 5.32 Å². The molecular weight excluding hydrogens is 266 g/mol. The van der Waals surface area contributed by atoms with Gasteiger partial charge in [0.1, 0.15) is 0 Å². The normalized spacial score (nSPS) is 11.7. The predicted octanol–water partition coefficient (Wildman–Crippen LogP) is 2.48. The molecule has 0 heterocycles. The number of carbonyl (C=O) groups excluding carboxylic acids is 1. The second-order valence-corrected chi connectivity index (χ2v) is 4.91. The van der Waals surface area contributed by atoms with E-state index >= 15 is 0 Å². The van der Waals surface area contributed by atoms with E-state index < -0.39 is 12.0 Å². The third-order valence-corrected chi connectivity index (χ3v) is 3.17. The molecule has 1 amide bonds. The molecule has 21 heavy (non-hydrogen) atoms. The Morgan fingerprint density at radius 1 is 1.05 bits per heavy atom. The maximum atomic E-state index is 12.0. The van der Waals surface area contributed by atoms with Crippen LogP contribution >= 0.6 is 0 Å². The van der Waals surface area contributed by atoms with E-state index in [0.29, 0.717) is 5.56 Å². The molecule has 0 unspecified atom stereocenters. The quantitative estimate of drug-likeness (QED) is 0.886. The highest BCUT2D eigenvalue weighted by molar-refractivity contribution is 5.85. The highest BCUT2D eigenvalue weighted by Crippen LogP contribution is 2.13. The summed E-state index contributed by atoms with van der Waals surface area (Å²) in [5.74, 6) is -1.38. The fourth-order valence-corrected chi connectivity index (χ4v) is 2.04. The van der Waals surface area contributed by atoms with Crippen LogP contribution in [-0.4, -0.2) is 17.0 Å². The molecule has 0 aliphatic carbocycles. The van der Waals surface area contributed by atoms with Crippen LogP contribution in [0.15, 0.2) is 54.6 Å². The third-order valence-electron chi connectivity index (χ3n) is 3.17. The van der Waals surface area contributed by atoms with Gasteiger partial charge in [0.25, 0.3) is 0 Å². The Labute approximate surface area is 123 Å². The van der Waals surface area contributed by atoms with Crippen LogP contribution in [0.2, 0.25) is 0 Å². The first-order valence-corrected chi connectivity index (χ1v) is 6.69. The molecule has 0 aliphatic heterocycles. The number of hydrogen-bond acceptors (Lipinski definition) is 2. The topological polar surface area (TPSA) is 66.4 Å². The minimum atomic E-state index is -1.07. The Morgan fingerprint density at radius 2 is 1.67 bits per heavy atom. The highest BCUT2D eigenvalue weighted by atomic mass is 16.4. The second kappa shape index (κ2) is 6.70. The van der Waals surface area contributed by atoms with Gasteiger partial charge in [-0.25, -0.2) is 4.79 Å². The molecule has 0 aromatic heterocycles. The van der Waals surface area contributed by atoms with Crippen molar-refractivity contribution in [3.63, 3.8) is 0 Å². The Kier molecular flexibility index (Phi) is 4.72. The number of nitrogens with one attached hydrogen (secondary N) is 1. The summed E-state index contributed by atoms with van der Waals surface area (Å²) >= 11 is 0. The Balaban J connectivity index is 2.05. The molecule has 2 aromatic rings. The van der Waals surface area contributed by atoms with E-state index in [4.69, 9.17) is 0 Å². The van der Waals surface area contributed by atoms with Crippen molar-refractivity contribution in [2.24, 2.45) is 0 Å². The summed E-state index contributed by atoms with van der Waals surface area (Å²) < 4.78 is 0. The average Bonchev–Trinajstić information content (AvgIpc) is 2.48. The van der Waals surface area contributed by atoms with Crippen LogP contribution in [0.4, 0.5) is 0 Å². The lowest BCUT2D eigenvalue weighted by Crippen LogP contribution is -2.34. The standard InChI is InChI=1S/C17H17NO3/c1-12-7-9-13(10-8-12)11-15(19)18-16(17(20)21)14-5-3-2-4-6-14/h2-10,16H,11H2,1H3,(H,18,19)(H,20,21)/t16-/m0/s1. The van der Waals surface area contributed by atoms with Gasteiger partial charge in [-0.1, -0.05) is 60.2 Å². The number of benzene rings is 2. The molecule has 0 radical (unpaired) electrons. The maximum absolute atomic E-state index is 12.0. The van der Waals surface area contributed by atoms with E-state index in [1.54, 1.807) is 30.3 Å². The largest absolute Gasteiger partial charge is 0.479 e. The lowest BCUT2D eigenvalue weighted by molar-refractivity contribution is -0.141. The maximum Gasteiger partial charge on any atom is 0.330 e. The van der Waals surface area contributed by atoms with Gasteiger partial charge in [0, 0.05) is 0 Å². The predicted molar refractivity (Wildman–Crippen MR) is 79.8 cm³/mol. The van der Waals surface area contributed by atoms with Gasteiger partial charge in [0.05, 0.1) is 6.42 Å². The third kappa shape index (κ3) is 4.18. The number of hydrogen-bond donors (Lipinski definition) is 2. The molecule has 2 N–H and O–H groups in total. The van der Waals surface area contributed by atoms with Crippen molar-refractivity contribution in [2.45, 2.75) is 19.4 Å². The Bertz CT molecular complexity index is 620. The van der Waals surface area contributed by atoms with Crippen molar-refractivity contribution in [2.75, 3.05) is 0 Å². The van der Waals surface area contributed by atoms with Gasteiger partial charge in [0.2, 0.25) is 5.91 Å². The summed E-state index contributed by atoms with van der Waals surface area (Å²) in [6.45, 7) is 1.97. The summed E-state index contributed by atoms with van der Waals surface area (Å²) in [5.41, 5.74) is 2.53. The monoisotopic (exact) mass is 283 g/mol. The Morgan fingerprint density at radius 3 is 2.24 bits per heavy atom. The molecule has 0 bridgehead atoms. The van der Waals surface area contributed by atoms with Crippen LogP contribution in [0.25, 0.3) is 0 Å². The molecule has 2 rings (SSSR count). The Hall–Kier alpha value is -2.62. The zero-order valence-electron chi connectivity index (χ0n) is 11.7. The van der Waals surface area contributed by atoms with Crippen LogP contribution in [0.5, 0.6) is 0 Å². The summed E-state index contributed by atoms with van der Waals surface area (Å²) in [7, 11) is 0. The van der Waals surface area contributed by atoms with Crippen molar-refractivity contribution in [3.05, 3.63) is 71.3 Å². The highest BCUT2D eigenvalue weighted by Gasteiger charge is 2.21. The summed E-state index contributed by atoms with van der Waals surface area (Å²) in [6.07, 6.45) is 0.164. The zero-order valence-corrected chi connectivity index (χ0v) is 11.7. The van der Waals surface area contributed by atoms with Gasteiger partial charge >= 0.3 is 5.97 Å². The molecule has 2 aromatic carbocycles. The molecule has 1 atom stereocenters. The van der Waals surface area contributed by atoms with E-state index in [1.165, 1.54) is 0 Å². The molecule has 0 saturated carbocycles. The zero-order chi connectivity index (χ0) is 15.2. The fourth-order valence-electron chi connectivity index (χ4n) is 2.04. The summed E-state index contributed by atoms with van der Waals surface area (Å²) in [5, 5.41) is 11.8. The first-order valence-electron chi connectivity index (χ1n) is 6.69. The van der Waals surface area contributed by atoms with Crippen molar-refractivity contribution in [1.29, 1.82) is 0 Å². The number of rotatable bonds is 5. The smallest absolute Gasteiger partial charge is 0.330 e. The van der Waals surface area contributed by atoms with Crippen LogP contribution in [0, 0.1) is 6.92 Å². The lowest BCUT2D eigenvalue weighted by atomic mass is 10.1. The van der Waals surface area contributed by atoms with E-state index in [2.05, 4.69) is 5.32 Å². The number of carboxylic acid groups (broad SMARTS) is 1. The molecule has 4 heteroatoms. The first-order chi connectivity index (χ1) is 10.1. The van der Waals surface area contributed by atoms with E-state index in [-0.39, 0.29) is 12.3 Å². The second-order valence-electron chi connectivity index (χ2n) is 4.91. The molecule has 0 fully saturated rings. The molecule has 0 spiro atoms. The van der Waals surface area contributed by atoms with Gasteiger partial charge < -0.3 is 10.4 Å². The number of aryl methyl sites for hydroxylation is 1. The van der Waals surface area contributed by atoms with Crippen LogP contribution < -0.4 is 5.32 Å². The number of aliphatic carboxylic acids is 1. The molecule has 0 saturated heterocycles. The van der Waals surface area contributed by atoms with E-state index in [1.807, 2.05) is 31.2 Å². The lowest BCUT2D eigenvalue weighted by Gasteiger charge is -2.15. The van der Waals surface area contributed by atoms with Crippen molar-refractivity contribution in [3.8, 4) is 0 Å². The fraction of sp³-hybridized carbons (Fsp3) is 0.176. The molecule has 0 aliphatic rings. The minimum absolute atomic E-state index is 0.164. The van der Waals surface area contributed by atoms with Crippen LogP contribution in [0.1, 0.15) is 22.7 Å². The van der Waals surface area contributed by atoms with Gasteiger partial charge in [0.15, 0.2) is 6.04 Å². The van der Waals surface area contributed by atoms with E-state index in [9.17, 15) is 14.7 Å². The SMILES string of the molecule is Cc1ccc(CC(=O)N[C@H](C(=O)O)c2ccccc2)cc1. The summed E-state index contributed by atoms with van der Waals surface area (Å²) in [4.78, 5) is 23.3. The van der Waals surface area contributed by atoms with Gasteiger partial charge in [-0.2, -0.15) is 0 Å². The van der Waals surface area contributed by atoms with Crippen LogP contribution in [-0.2, 0) is 16.0 Å². The van der Waals surface area contributed by atoms with Gasteiger partial charge in [-0.15, -0.1) is 0 Å². The number of carboxylic acids is 1. The molecular formula is C17H17NO3. The van der Waals surface area contributed by atoms with Gasteiger partial charge in [-0.3, -0.25) is 4.79 Å². The molecule has 4 nitrogen and oxygen atoms in total. The van der Waals surface area contributed by atoms with Crippen molar-refractivity contribution < 1.29 is 14.7 Å². The average molecular weight is 283 g/mol. The van der Waals surface area contributed by atoms with E-state index in [0.717, 1.165) is 11.1 Å².